The van der Waals surface area contributed by atoms with Gasteiger partial charge in [0.2, 0.25) is 0 Å². The number of aromatic nitrogens is 2. The Bertz CT molecular complexity index is 1080. The summed E-state index contributed by atoms with van der Waals surface area (Å²) in [5.41, 5.74) is -1.67. The van der Waals surface area contributed by atoms with Crippen molar-refractivity contribution in [3.8, 4) is 0 Å². The van der Waals surface area contributed by atoms with Gasteiger partial charge < -0.3 is 40.1 Å². The van der Waals surface area contributed by atoms with Crippen molar-refractivity contribution >= 4 is 16.1 Å². The Labute approximate surface area is 201 Å². The van der Waals surface area contributed by atoms with E-state index in [0.29, 0.717) is 0 Å². The van der Waals surface area contributed by atoms with Gasteiger partial charge in [0.05, 0.1) is 13.2 Å². The van der Waals surface area contributed by atoms with Gasteiger partial charge in [-0.1, -0.05) is 0 Å². The third-order valence-corrected chi connectivity index (χ3v) is 7.56. The predicted molar refractivity (Wildman–Crippen MR) is 111 cm³/mol. The fraction of sp³-hybridized carbons (Fsp3) is 0.750. The maximum Gasteiger partial charge on any atom is 0.708 e. The summed E-state index contributed by atoms with van der Waals surface area (Å²) < 4.78 is 48.8. The zero-order valence-electron chi connectivity index (χ0n) is 18.1. The molecule has 0 aliphatic carbocycles. The van der Waals surface area contributed by atoms with Crippen molar-refractivity contribution in [3.63, 3.8) is 0 Å². The lowest BCUT2D eigenvalue weighted by Crippen LogP contribution is -2.59. The third-order valence-electron chi connectivity index (χ3n) is 5.37. The van der Waals surface area contributed by atoms with Crippen LogP contribution in [-0.2, 0) is 32.0 Å². The second kappa shape index (κ2) is 11.9. The van der Waals surface area contributed by atoms with Crippen molar-refractivity contribution in [1.82, 2.24) is 9.55 Å². The summed E-state index contributed by atoms with van der Waals surface area (Å²) in [6.45, 7) is -2.34. The summed E-state index contributed by atoms with van der Waals surface area (Å²) in [6, 6.07) is 0.962. The average Bonchev–Trinajstić information content (AvgIpc) is 3.09. The van der Waals surface area contributed by atoms with E-state index in [1.54, 1.807) is 0 Å². The molecule has 0 bridgehead atoms. The first-order chi connectivity index (χ1) is 16.8. The molecule has 0 saturated carbocycles. The number of phosphoric acid groups is 1. The van der Waals surface area contributed by atoms with E-state index in [4.69, 9.17) is 19.1 Å². The lowest BCUT2D eigenvalue weighted by Gasteiger charge is -2.39. The van der Waals surface area contributed by atoms with Crippen molar-refractivity contribution < 1.29 is 67.5 Å². The number of H-pyrrole nitrogens is 1. The summed E-state index contributed by atoms with van der Waals surface area (Å²) in [5.74, 6) is 0. The summed E-state index contributed by atoms with van der Waals surface area (Å²) in [7, 11) is -8.48. The molecule has 2 aliphatic heterocycles. The number of nitrogens with zero attached hydrogens (tertiary/aromatic N) is 1. The summed E-state index contributed by atoms with van der Waals surface area (Å²) in [5, 5.41) is 58.7. The highest BCUT2D eigenvalue weighted by Gasteiger charge is 2.48. The Morgan fingerprint density at radius 1 is 0.972 bits per heavy atom. The molecule has 2 unspecified atom stereocenters. The fourth-order valence-corrected chi connectivity index (χ4v) is 5.13. The minimum atomic E-state index is -5.11. The van der Waals surface area contributed by atoms with E-state index in [9.17, 15) is 49.1 Å². The van der Waals surface area contributed by atoms with Gasteiger partial charge >= 0.3 is 21.8 Å². The van der Waals surface area contributed by atoms with Crippen LogP contribution in [0.4, 0.5) is 0 Å². The first kappa shape index (κ1) is 29.1. The molecule has 11 atom stereocenters. The standard InChI is InChI=1S/C16H24N2O16P2/c19-3-6-10(21)13(24)11(22)7(32-6)4-30-35(27)34-36(28,29)31-5-8-12(23)14(25)15(33-8)18-2-1-9(20)17-16(18)26/h1-2,6-8,10-15,19,21-25H,3-5H2,(H-,17,20,26,28,29)/p+1/t6-,7-,8-,10+,11+,12-,13+,14-,15-/m1/s1. The van der Waals surface area contributed by atoms with Gasteiger partial charge in [-0.15, -0.1) is 4.52 Å². The maximum absolute atomic E-state index is 12.1. The smallest absolute Gasteiger partial charge is 0.394 e. The molecule has 0 radical (unpaired) electrons. The van der Waals surface area contributed by atoms with Gasteiger partial charge in [0.15, 0.2) is 6.23 Å². The normalized spacial score (nSPS) is 37.0. The molecular weight excluding hydrogens is 538 g/mol. The van der Waals surface area contributed by atoms with E-state index < -0.39 is 102 Å². The Kier molecular flexibility index (Phi) is 9.64. The van der Waals surface area contributed by atoms with Gasteiger partial charge in [0, 0.05) is 16.8 Å². The van der Waals surface area contributed by atoms with Gasteiger partial charge in [-0.3, -0.25) is 23.8 Å². The molecule has 0 amide bonds. The molecule has 3 heterocycles. The van der Waals surface area contributed by atoms with Crippen LogP contribution in [0.1, 0.15) is 6.23 Å². The maximum atomic E-state index is 12.1. The summed E-state index contributed by atoms with van der Waals surface area (Å²) >= 11 is 0. The van der Waals surface area contributed by atoms with E-state index in [2.05, 4.69) is 8.83 Å². The molecule has 204 valence electrons. The lowest BCUT2D eigenvalue weighted by molar-refractivity contribution is -0.234. The van der Waals surface area contributed by atoms with E-state index in [1.807, 2.05) is 4.98 Å². The van der Waals surface area contributed by atoms with Crippen LogP contribution in [0.15, 0.2) is 21.9 Å². The molecule has 36 heavy (non-hydrogen) atoms. The first-order valence-corrected chi connectivity index (χ1v) is 12.8. The molecule has 18 nitrogen and oxygen atoms in total. The first-order valence-electron chi connectivity index (χ1n) is 10.3. The van der Waals surface area contributed by atoms with Crippen molar-refractivity contribution in [2.45, 2.75) is 55.1 Å². The number of rotatable bonds is 10. The van der Waals surface area contributed by atoms with Crippen LogP contribution in [0.5, 0.6) is 0 Å². The zero-order valence-corrected chi connectivity index (χ0v) is 19.9. The van der Waals surface area contributed by atoms with Gasteiger partial charge in [0.1, 0.15) is 55.4 Å². The van der Waals surface area contributed by atoms with Crippen molar-refractivity contribution in [2.24, 2.45) is 0 Å². The molecule has 0 aromatic carbocycles. The molecule has 1 aromatic rings. The Hall–Kier alpha value is -1.47. The number of nitrogens with one attached hydrogen (secondary N) is 1. The van der Waals surface area contributed by atoms with Gasteiger partial charge in [0.25, 0.3) is 5.56 Å². The molecule has 1 aromatic heterocycles. The minimum Gasteiger partial charge on any atom is -0.394 e. The Morgan fingerprint density at radius 2 is 1.58 bits per heavy atom. The molecule has 3 rings (SSSR count). The minimum absolute atomic E-state index is 0.717. The predicted octanol–water partition coefficient (Wildman–Crippen LogP) is -4.19. The Morgan fingerprint density at radius 3 is 2.22 bits per heavy atom. The second-order valence-electron chi connectivity index (χ2n) is 7.80. The number of ether oxygens (including phenoxy) is 2. The fourth-order valence-electron chi connectivity index (χ4n) is 3.47. The monoisotopic (exact) mass is 563 g/mol. The van der Waals surface area contributed by atoms with Crippen molar-refractivity contribution in [2.75, 3.05) is 19.8 Å². The lowest BCUT2D eigenvalue weighted by atomic mass is 9.95. The number of aromatic amines is 1. The van der Waals surface area contributed by atoms with Crippen molar-refractivity contribution in [3.05, 3.63) is 33.1 Å². The zero-order chi connectivity index (χ0) is 26.8. The highest BCUT2D eigenvalue weighted by atomic mass is 31.2. The topological polar surface area (TPSA) is 277 Å². The number of hydrogen-bond acceptors (Lipinski definition) is 15. The average molecular weight is 563 g/mol. The molecular formula is C16H25N2O16P2+. The van der Waals surface area contributed by atoms with E-state index in [-0.39, 0.29) is 0 Å². The quantitative estimate of drug-likeness (QED) is 0.125. The SMILES string of the molecule is O=c1ccn([C@@H]2O[C@H](COP(=O)(O)O[P+](=O)OC[C@H]3O[C@H](CO)[C@H](O)[C@H](O)[C@H]3O)[C@@H](O)[C@H]2O)c(=O)[nH]1. The molecule has 2 saturated heterocycles. The third kappa shape index (κ3) is 6.69. The van der Waals surface area contributed by atoms with Crippen LogP contribution < -0.4 is 11.2 Å². The largest absolute Gasteiger partial charge is 0.708 e. The second-order valence-corrected chi connectivity index (χ2v) is 10.4. The van der Waals surface area contributed by atoms with Gasteiger partial charge in [-0.05, 0) is 4.31 Å². The molecule has 0 spiro atoms. The van der Waals surface area contributed by atoms with Crippen LogP contribution in [0.2, 0.25) is 0 Å². The van der Waals surface area contributed by atoms with Crippen LogP contribution >= 0.6 is 16.1 Å². The van der Waals surface area contributed by atoms with E-state index >= 15 is 0 Å². The molecule has 8 N–H and O–H groups in total. The van der Waals surface area contributed by atoms with E-state index in [0.717, 1.165) is 16.8 Å². The highest BCUT2D eigenvalue weighted by Crippen LogP contribution is 2.53. The number of aliphatic hydroxyl groups is 6. The molecule has 2 aliphatic rings. The molecule has 2 fully saturated rings. The van der Waals surface area contributed by atoms with Crippen LogP contribution in [-0.4, -0.2) is 114 Å². The Balaban J connectivity index is 1.51. The van der Waals surface area contributed by atoms with Crippen LogP contribution in [0.3, 0.4) is 0 Å². The highest BCUT2D eigenvalue weighted by molar-refractivity contribution is 7.56. The van der Waals surface area contributed by atoms with E-state index in [1.165, 1.54) is 0 Å². The number of phosphoric ester groups is 1. The molecule has 20 heteroatoms. The number of aliphatic hydroxyl groups excluding tert-OH is 6. The summed E-state index contributed by atoms with van der Waals surface area (Å²) in [4.78, 5) is 34.7. The number of hydrogen-bond donors (Lipinski definition) is 8. The van der Waals surface area contributed by atoms with Crippen molar-refractivity contribution in [1.29, 1.82) is 0 Å². The van der Waals surface area contributed by atoms with Gasteiger partial charge in [-0.25, -0.2) is 9.36 Å². The van der Waals surface area contributed by atoms with Gasteiger partial charge in [-0.2, -0.15) is 0 Å². The van der Waals surface area contributed by atoms with Crippen LogP contribution in [0.25, 0.3) is 0 Å². The van der Waals surface area contributed by atoms with Crippen LogP contribution in [0, 0.1) is 0 Å². The summed E-state index contributed by atoms with van der Waals surface area (Å²) in [6.07, 6.45) is -13.0.